The molecule has 3 heteroatoms. The summed E-state index contributed by atoms with van der Waals surface area (Å²) >= 11 is 0. The predicted molar refractivity (Wildman–Crippen MR) is 57.5 cm³/mol. The van der Waals surface area contributed by atoms with Gasteiger partial charge in [0.05, 0.1) is 0 Å². The molecular formula is C12H17F2N. The van der Waals surface area contributed by atoms with Gasteiger partial charge in [-0.15, -0.1) is 0 Å². The SMILES string of the molecule is CC(N)CC(C)Cc1ccc(F)c(F)c1. The average Bonchev–Trinajstić information content (AvgIpc) is 2.10. The van der Waals surface area contributed by atoms with E-state index < -0.39 is 11.6 Å². The van der Waals surface area contributed by atoms with Gasteiger partial charge in [-0.25, -0.2) is 8.78 Å². The van der Waals surface area contributed by atoms with Crippen molar-refractivity contribution in [1.82, 2.24) is 0 Å². The fourth-order valence-corrected chi connectivity index (χ4v) is 1.79. The van der Waals surface area contributed by atoms with Crippen LogP contribution in [0.4, 0.5) is 8.78 Å². The second-order valence-electron chi connectivity index (χ2n) is 4.27. The van der Waals surface area contributed by atoms with Gasteiger partial charge in [0.15, 0.2) is 11.6 Å². The lowest BCUT2D eigenvalue weighted by Gasteiger charge is -2.13. The fourth-order valence-electron chi connectivity index (χ4n) is 1.79. The number of benzene rings is 1. The van der Waals surface area contributed by atoms with Crippen LogP contribution in [0.2, 0.25) is 0 Å². The monoisotopic (exact) mass is 213 g/mol. The van der Waals surface area contributed by atoms with E-state index in [9.17, 15) is 8.78 Å². The minimum atomic E-state index is -0.793. The highest BCUT2D eigenvalue weighted by molar-refractivity contribution is 5.18. The lowest BCUT2D eigenvalue weighted by Crippen LogP contribution is -2.19. The van der Waals surface area contributed by atoms with Gasteiger partial charge in [-0.1, -0.05) is 13.0 Å². The van der Waals surface area contributed by atoms with Crippen LogP contribution >= 0.6 is 0 Å². The van der Waals surface area contributed by atoms with E-state index in [1.807, 2.05) is 6.92 Å². The Kier molecular flexibility index (Phi) is 4.21. The first-order valence-electron chi connectivity index (χ1n) is 5.18. The molecule has 15 heavy (non-hydrogen) atoms. The van der Waals surface area contributed by atoms with E-state index in [0.29, 0.717) is 5.92 Å². The zero-order valence-corrected chi connectivity index (χ0v) is 9.13. The summed E-state index contributed by atoms with van der Waals surface area (Å²) in [5, 5.41) is 0. The Labute approximate surface area is 89.3 Å². The van der Waals surface area contributed by atoms with Gasteiger partial charge in [0.2, 0.25) is 0 Å². The molecule has 0 saturated heterocycles. The zero-order chi connectivity index (χ0) is 11.4. The molecule has 1 nitrogen and oxygen atoms in total. The maximum Gasteiger partial charge on any atom is 0.159 e. The molecule has 0 spiro atoms. The Morgan fingerprint density at radius 1 is 1.20 bits per heavy atom. The van der Waals surface area contributed by atoms with Crippen LogP contribution in [-0.4, -0.2) is 6.04 Å². The lowest BCUT2D eigenvalue weighted by atomic mass is 9.95. The van der Waals surface area contributed by atoms with Gasteiger partial charge >= 0.3 is 0 Å². The van der Waals surface area contributed by atoms with Crippen LogP contribution < -0.4 is 5.73 Å². The molecule has 0 heterocycles. The second kappa shape index (κ2) is 5.21. The molecule has 0 bridgehead atoms. The molecule has 0 amide bonds. The number of nitrogens with two attached hydrogens (primary N) is 1. The van der Waals surface area contributed by atoms with Crippen molar-refractivity contribution in [2.75, 3.05) is 0 Å². The molecule has 1 rings (SSSR count). The van der Waals surface area contributed by atoms with Crippen molar-refractivity contribution < 1.29 is 8.78 Å². The Morgan fingerprint density at radius 3 is 2.40 bits per heavy atom. The van der Waals surface area contributed by atoms with Gasteiger partial charge in [0.1, 0.15) is 0 Å². The third-order valence-corrected chi connectivity index (χ3v) is 2.34. The van der Waals surface area contributed by atoms with Crippen LogP contribution in [0.25, 0.3) is 0 Å². The second-order valence-corrected chi connectivity index (χ2v) is 4.27. The predicted octanol–water partition coefficient (Wildman–Crippen LogP) is 2.88. The molecular weight excluding hydrogens is 196 g/mol. The quantitative estimate of drug-likeness (QED) is 0.817. The van der Waals surface area contributed by atoms with Gasteiger partial charge in [-0.05, 0) is 43.4 Å². The molecule has 0 saturated carbocycles. The summed E-state index contributed by atoms with van der Waals surface area (Å²) in [6, 6.07) is 4.19. The molecule has 2 atom stereocenters. The van der Waals surface area contributed by atoms with Crippen LogP contribution in [0.5, 0.6) is 0 Å². The molecule has 2 unspecified atom stereocenters. The minimum Gasteiger partial charge on any atom is -0.328 e. The van der Waals surface area contributed by atoms with E-state index in [1.54, 1.807) is 6.07 Å². The van der Waals surface area contributed by atoms with Gasteiger partial charge in [-0.3, -0.25) is 0 Å². The van der Waals surface area contributed by atoms with Crippen molar-refractivity contribution in [2.45, 2.75) is 32.7 Å². The fraction of sp³-hybridized carbons (Fsp3) is 0.500. The summed E-state index contributed by atoms with van der Waals surface area (Å²) in [6.07, 6.45) is 1.62. The van der Waals surface area contributed by atoms with Crippen molar-refractivity contribution in [1.29, 1.82) is 0 Å². The largest absolute Gasteiger partial charge is 0.328 e. The summed E-state index contributed by atoms with van der Waals surface area (Å²) in [7, 11) is 0. The van der Waals surface area contributed by atoms with E-state index in [4.69, 9.17) is 5.73 Å². The van der Waals surface area contributed by atoms with Crippen molar-refractivity contribution in [3.8, 4) is 0 Å². The summed E-state index contributed by atoms with van der Waals surface area (Å²) in [6.45, 7) is 4.01. The smallest absolute Gasteiger partial charge is 0.159 e. The first kappa shape index (κ1) is 12.1. The summed E-state index contributed by atoms with van der Waals surface area (Å²) < 4.78 is 25.5. The number of rotatable bonds is 4. The van der Waals surface area contributed by atoms with Gasteiger partial charge in [0.25, 0.3) is 0 Å². The Bertz CT molecular complexity index is 323. The molecule has 2 N–H and O–H groups in total. The van der Waals surface area contributed by atoms with Gasteiger partial charge < -0.3 is 5.73 Å². The third kappa shape index (κ3) is 3.96. The van der Waals surface area contributed by atoms with Gasteiger partial charge in [0, 0.05) is 6.04 Å². The number of hydrogen-bond acceptors (Lipinski definition) is 1. The zero-order valence-electron chi connectivity index (χ0n) is 9.13. The minimum absolute atomic E-state index is 0.144. The average molecular weight is 213 g/mol. The lowest BCUT2D eigenvalue weighted by molar-refractivity contribution is 0.474. The maximum atomic E-state index is 12.9. The first-order valence-corrected chi connectivity index (χ1v) is 5.18. The highest BCUT2D eigenvalue weighted by Gasteiger charge is 2.08. The molecule has 84 valence electrons. The molecule has 0 aromatic heterocycles. The van der Waals surface area contributed by atoms with Crippen LogP contribution in [0.3, 0.4) is 0 Å². The molecule has 1 aromatic carbocycles. The van der Waals surface area contributed by atoms with Crippen LogP contribution in [0.1, 0.15) is 25.8 Å². The molecule has 1 aromatic rings. The van der Waals surface area contributed by atoms with Crippen molar-refractivity contribution in [3.05, 3.63) is 35.4 Å². The van der Waals surface area contributed by atoms with E-state index in [1.165, 1.54) is 12.1 Å². The summed E-state index contributed by atoms with van der Waals surface area (Å²) in [5.41, 5.74) is 6.49. The van der Waals surface area contributed by atoms with E-state index >= 15 is 0 Å². The number of hydrogen-bond donors (Lipinski definition) is 1. The van der Waals surface area contributed by atoms with Crippen LogP contribution in [0.15, 0.2) is 18.2 Å². The molecule has 0 aliphatic carbocycles. The van der Waals surface area contributed by atoms with E-state index in [-0.39, 0.29) is 6.04 Å². The summed E-state index contributed by atoms with van der Waals surface area (Å²) in [4.78, 5) is 0. The summed E-state index contributed by atoms with van der Waals surface area (Å²) in [5.74, 6) is -1.19. The highest BCUT2D eigenvalue weighted by atomic mass is 19.2. The molecule has 0 fully saturated rings. The van der Waals surface area contributed by atoms with Crippen LogP contribution in [-0.2, 0) is 6.42 Å². The third-order valence-electron chi connectivity index (χ3n) is 2.34. The normalized spacial score (nSPS) is 15.0. The standard InChI is InChI=1S/C12H17F2N/c1-8(5-9(2)15)6-10-3-4-11(13)12(14)7-10/h3-4,7-9H,5-6,15H2,1-2H3. The highest BCUT2D eigenvalue weighted by Crippen LogP contribution is 2.15. The topological polar surface area (TPSA) is 26.0 Å². The van der Waals surface area contributed by atoms with Gasteiger partial charge in [-0.2, -0.15) is 0 Å². The van der Waals surface area contributed by atoms with Crippen molar-refractivity contribution in [3.63, 3.8) is 0 Å². The van der Waals surface area contributed by atoms with E-state index in [2.05, 4.69) is 6.92 Å². The van der Waals surface area contributed by atoms with E-state index in [0.717, 1.165) is 18.4 Å². The Balaban J connectivity index is 2.60. The molecule has 0 aliphatic heterocycles. The first-order chi connectivity index (χ1) is 6.99. The molecule has 0 aliphatic rings. The Morgan fingerprint density at radius 2 is 1.87 bits per heavy atom. The van der Waals surface area contributed by atoms with Crippen molar-refractivity contribution in [2.24, 2.45) is 11.7 Å². The van der Waals surface area contributed by atoms with Crippen LogP contribution in [0, 0.1) is 17.6 Å². The Hall–Kier alpha value is -0.960. The maximum absolute atomic E-state index is 12.9. The van der Waals surface area contributed by atoms with Crippen molar-refractivity contribution >= 4 is 0 Å². The molecule has 0 radical (unpaired) electrons. The number of halogens is 2.